The van der Waals surface area contributed by atoms with Crippen molar-refractivity contribution in [1.29, 1.82) is 0 Å². The van der Waals surface area contributed by atoms with E-state index < -0.39 is 0 Å². The molecule has 2 aromatic carbocycles. The molecule has 0 saturated heterocycles. The fraction of sp³-hybridized carbons (Fsp3) is 0.300. The molecule has 0 N–H and O–H groups in total. The largest absolute Gasteiger partial charge is 0.309 e. The van der Waals surface area contributed by atoms with E-state index >= 15 is 0 Å². The molecule has 0 spiro atoms. The Hall–Kier alpha value is -1.47. The summed E-state index contributed by atoms with van der Waals surface area (Å²) < 4.78 is 2.01. The summed E-state index contributed by atoms with van der Waals surface area (Å²) >= 11 is 5.03. The lowest BCUT2D eigenvalue weighted by molar-refractivity contribution is 0.0986. The average molecular weight is 469 g/mol. The van der Waals surface area contributed by atoms with Gasteiger partial charge in [0.1, 0.15) is 0 Å². The number of nitrogens with zero attached hydrogens (tertiary/aromatic N) is 3. The summed E-state index contributed by atoms with van der Waals surface area (Å²) in [5, 5.41) is 0.759. The van der Waals surface area contributed by atoms with Crippen LogP contribution in [0.25, 0.3) is 10.2 Å². The molecular formula is C20H23BrClN3OS. The number of hydrogen-bond donors (Lipinski definition) is 0. The first-order valence-electron chi connectivity index (χ1n) is 8.53. The minimum Gasteiger partial charge on any atom is -0.309 e. The molecule has 0 unspecified atom stereocenters. The average Bonchev–Trinajstić information content (AvgIpc) is 3.00. The minimum absolute atomic E-state index is 0. The molecule has 3 aromatic rings. The predicted octanol–water partition coefficient (Wildman–Crippen LogP) is 5.39. The molecule has 0 bridgehead atoms. The van der Waals surface area contributed by atoms with Gasteiger partial charge < -0.3 is 4.90 Å². The Kier molecular flexibility index (Phi) is 7.79. The molecule has 144 valence electrons. The second-order valence-corrected chi connectivity index (χ2v) is 8.52. The second-order valence-electron chi connectivity index (χ2n) is 6.59. The molecule has 1 amide bonds. The van der Waals surface area contributed by atoms with Crippen molar-refractivity contribution in [2.24, 2.45) is 0 Å². The van der Waals surface area contributed by atoms with E-state index in [1.165, 1.54) is 5.56 Å². The highest BCUT2D eigenvalue weighted by Crippen LogP contribution is 2.30. The molecule has 0 radical (unpaired) electrons. The predicted molar refractivity (Wildman–Crippen MR) is 121 cm³/mol. The van der Waals surface area contributed by atoms with Crippen LogP contribution in [-0.2, 0) is 0 Å². The number of benzene rings is 2. The van der Waals surface area contributed by atoms with Crippen LogP contribution in [-0.4, -0.2) is 43.0 Å². The number of halogens is 2. The van der Waals surface area contributed by atoms with Gasteiger partial charge in [-0.05, 0) is 69.9 Å². The van der Waals surface area contributed by atoms with Crippen molar-refractivity contribution in [1.82, 2.24) is 9.88 Å². The van der Waals surface area contributed by atoms with E-state index in [-0.39, 0.29) is 18.3 Å². The Morgan fingerprint density at radius 1 is 1.15 bits per heavy atom. The van der Waals surface area contributed by atoms with Crippen molar-refractivity contribution >= 4 is 60.9 Å². The number of thiazole rings is 1. The van der Waals surface area contributed by atoms with E-state index in [4.69, 9.17) is 4.98 Å². The summed E-state index contributed by atoms with van der Waals surface area (Å²) in [6, 6.07) is 13.7. The van der Waals surface area contributed by atoms with E-state index in [0.29, 0.717) is 12.1 Å². The number of hydrogen-bond acceptors (Lipinski definition) is 4. The number of amides is 1. The van der Waals surface area contributed by atoms with Crippen LogP contribution in [0, 0.1) is 6.92 Å². The summed E-state index contributed by atoms with van der Waals surface area (Å²) in [6.07, 6.45) is 0.891. The molecule has 0 aliphatic heterocycles. The minimum atomic E-state index is -0.0131. The Balaban J connectivity index is 0.00000261. The summed E-state index contributed by atoms with van der Waals surface area (Å²) in [5.74, 6) is -0.0131. The lowest BCUT2D eigenvalue weighted by Crippen LogP contribution is -2.33. The Labute approximate surface area is 178 Å². The zero-order valence-electron chi connectivity index (χ0n) is 15.6. The lowest BCUT2D eigenvalue weighted by Gasteiger charge is -2.21. The highest BCUT2D eigenvalue weighted by molar-refractivity contribution is 9.10. The maximum atomic E-state index is 13.2. The van der Waals surface area contributed by atoms with Crippen LogP contribution in [0.5, 0.6) is 0 Å². The zero-order valence-corrected chi connectivity index (χ0v) is 18.8. The highest BCUT2D eigenvalue weighted by Gasteiger charge is 2.21. The van der Waals surface area contributed by atoms with Crippen molar-refractivity contribution in [3.05, 3.63) is 58.1 Å². The number of anilines is 1. The van der Waals surface area contributed by atoms with Crippen molar-refractivity contribution < 1.29 is 4.79 Å². The zero-order chi connectivity index (χ0) is 18.7. The molecule has 0 aliphatic carbocycles. The van der Waals surface area contributed by atoms with Crippen LogP contribution in [0.2, 0.25) is 0 Å². The summed E-state index contributed by atoms with van der Waals surface area (Å²) in [6.45, 7) is 3.63. The third kappa shape index (κ3) is 5.51. The van der Waals surface area contributed by atoms with Gasteiger partial charge in [-0.1, -0.05) is 39.4 Å². The number of rotatable bonds is 6. The SMILES string of the molecule is Cc1ccc2nc(N(CCCN(C)C)C(=O)c3cccc(Br)c3)sc2c1.Cl. The van der Waals surface area contributed by atoms with Gasteiger partial charge in [-0.3, -0.25) is 9.69 Å². The fourth-order valence-corrected chi connectivity index (χ4v) is 4.23. The molecule has 1 aromatic heterocycles. The number of aryl methyl sites for hydroxylation is 1. The van der Waals surface area contributed by atoms with Gasteiger partial charge in [0.05, 0.1) is 10.2 Å². The van der Waals surface area contributed by atoms with Gasteiger partial charge in [0.2, 0.25) is 0 Å². The molecule has 1 heterocycles. The van der Waals surface area contributed by atoms with Crippen LogP contribution >= 0.6 is 39.7 Å². The Morgan fingerprint density at radius 3 is 2.63 bits per heavy atom. The van der Waals surface area contributed by atoms with Gasteiger partial charge in [-0.2, -0.15) is 0 Å². The van der Waals surface area contributed by atoms with Crippen molar-refractivity contribution in [3.8, 4) is 0 Å². The smallest absolute Gasteiger partial charge is 0.260 e. The molecule has 27 heavy (non-hydrogen) atoms. The van der Waals surface area contributed by atoms with Gasteiger partial charge in [-0.15, -0.1) is 12.4 Å². The topological polar surface area (TPSA) is 36.4 Å². The summed E-state index contributed by atoms with van der Waals surface area (Å²) in [4.78, 5) is 21.8. The van der Waals surface area contributed by atoms with E-state index in [0.717, 1.165) is 32.8 Å². The highest BCUT2D eigenvalue weighted by atomic mass is 79.9. The molecule has 3 rings (SSSR count). The molecular weight excluding hydrogens is 446 g/mol. The normalized spacial score (nSPS) is 10.9. The van der Waals surface area contributed by atoms with Crippen LogP contribution in [0.1, 0.15) is 22.3 Å². The van der Waals surface area contributed by atoms with E-state index in [1.54, 1.807) is 11.3 Å². The van der Waals surface area contributed by atoms with Crippen molar-refractivity contribution in [2.45, 2.75) is 13.3 Å². The third-order valence-corrected chi connectivity index (χ3v) is 5.60. The third-order valence-electron chi connectivity index (χ3n) is 4.07. The van der Waals surface area contributed by atoms with E-state index in [9.17, 15) is 4.79 Å². The molecule has 0 aliphatic rings. The van der Waals surface area contributed by atoms with Gasteiger partial charge in [-0.25, -0.2) is 4.98 Å². The lowest BCUT2D eigenvalue weighted by atomic mass is 10.2. The monoisotopic (exact) mass is 467 g/mol. The van der Waals surface area contributed by atoms with Gasteiger partial charge in [0.15, 0.2) is 5.13 Å². The maximum Gasteiger partial charge on any atom is 0.260 e. The Morgan fingerprint density at radius 2 is 1.93 bits per heavy atom. The van der Waals surface area contributed by atoms with Crippen LogP contribution in [0.4, 0.5) is 5.13 Å². The van der Waals surface area contributed by atoms with E-state index in [2.05, 4.69) is 39.9 Å². The number of carbonyl (C=O) groups is 1. The fourth-order valence-electron chi connectivity index (χ4n) is 2.74. The first-order valence-corrected chi connectivity index (χ1v) is 10.1. The van der Waals surface area contributed by atoms with Gasteiger partial charge in [0, 0.05) is 16.6 Å². The summed E-state index contributed by atoms with van der Waals surface area (Å²) in [5.41, 5.74) is 2.81. The number of fused-ring (bicyclic) bond motifs is 1. The summed E-state index contributed by atoms with van der Waals surface area (Å²) in [7, 11) is 4.09. The molecule has 4 nitrogen and oxygen atoms in total. The van der Waals surface area contributed by atoms with Gasteiger partial charge in [0.25, 0.3) is 5.91 Å². The first-order chi connectivity index (χ1) is 12.4. The quantitative estimate of drug-likeness (QED) is 0.487. The van der Waals surface area contributed by atoms with E-state index in [1.807, 2.05) is 49.3 Å². The van der Waals surface area contributed by atoms with Crippen LogP contribution in [0.15, 0.2) is 46.9 Å². The molecule has 0 saturated carbocycles. The number of aromatic nitrogens is 1. The Bertz CT molecular complexity index is 928. The number of carbonyl (C=O) groups excluding carboxylic acids is 1. The first kappa shape index (κ1) is 21.8. The van der Waals surface area contributed by atoms with Gasteiger partial charge >= 0.3 is 0 Å². The molecule has 0 atom stereocenters. The van der Waals surface area contributed by atoms with Crippen LogP contribution in [0.3, 0.4) is 0 Å². The van der Waals surface area contributed by atoms with Crippen molar-refractivity contribution in [3.63, 3.8) is 0 Å². The van der Waals surface area contributed by atoms with Crippen molar-refractivity contribution in [2.75, 3.05) is 32.1 Å². The molecule has 7 heteroatoms. The maximum absolute atomic E-state index is 13.2. The standard InChI is InChI=1S/C20H22BrN3OS.ClH/c1-14-8-9-17-18(12-14)26-20(22-17)24(11-5-10-23(2)3)19(25)15-6-4-7-16(21)13-15;/h4,6-9,12-13H,5,10-11H2,1-3H3;1H. The second kappa shape index (κ2) is 9.64. The molecule has 0 fully saturated rings. The van der Waals surface area contributed by atoms with Crippen LogP contribution < -0.4 is 4.90 Å².